The summed E-state index contributed by atoms with van der Waals surface area (Å²) in [5, 5.41) is 46.2. The second-order valence-electron chi connectivity index (χ2n) is 29.6. The van der Waals surface area contributed by atoms with Crippen molar-refractivity contribution in [2.45, 2.75) is 73.0 Å². The zero-order valence-corrected chi connectivity index (χ0v) is 73.5. The second kappa shape index (κ2) is 50.2. The van der Waals surface area contributed by atoms with Crippen LogP contribution >= 0.6 is 0 Å². The Morgan fingerprint density at radius 2 is 0.714 bits per heavy atom. The number of carbonyl (C=O) groups is 4. The molecule has 1 atom stereocenters. The van der Waals surface area contributed by atoms with Gasteiger partial charge in [0.05, 0.1) is 51.2 Å². The van der Waals surface area contributed by atoms with E-state index in [-0.39, 0.29) is 133 Å². The minimum Gasteiger partial charge on any atom is -0.488 e. The first kappa shape index (κ1) is 101. The third-order valence-corrected chi connectivity index (χ3v) is 17.4. The van der Waals surface area contributed by atoms with Crippen LogP contribution in [-0.2, 0) is 41.5 Å². The molecule has 0 aliphatic carbocycles. The molecular formula is C95H96F8N18O12. The van der Waals surface area contributed by atoms with E-state index in [0.29, 0.717) is 70.1 Å². The molecule has 0 fully saturated rings. The third-order valence-electron chi connectivity index (χ3n) is 17.4. The first-order valence-electron chi connectivity index (χ1n) is 40.6. The molecule has 38 heteroatoms. The summed E-state index contributed by atoms with van der Waals surface area (Å²) in [6, 6.07) is 44.1. The lowest BCUT2D eigenvalue weighted by Gasteiger charge is -2.24. The van der Waals surface area contributed by atoms with Crippen LogP contribution in [0, 0.1) is 46.5 Å². The van der Waals surface area contributed by atoms with E-state index >= 15 is 0 Å². The number of aliphatic hydroxyl groups is 2. The number of nitrogens with one attached hydrogen (secondary N) is 10. The van der Waals surface area contributed by atoms with Gasteiger partial charge in [0, 0.05) is 108 Å². The number of nitrogens with zero attached hydrogens (tertiary/aromatic N) is 8. The van der Waals surface area contributed by atoms with Crippen LogP contribution in [0.5, 0.6) is 23.0 Å². The number of carbonyl (C=O) groups excluding carboxylic acids is 4. The molecule has 694 valence electrons. The Bertz CT molecular complexity index is 6100. The summed E-state index contributed by atoms with van der Waals surface area (Å²) in [4.78, 5) is 78.9. The maximum atomic E-state index is 14.4. The van der Waals surface area contributed by atoms with Crippen LogP contribution in [0.1, 0.15) is 59.6 Å². The molecule has 133 heavy (non-hydrogen) atoms. The lowest BCUT2D eigenvalue weighted by Crippen LogP contribution is -2.32. The van der Waals surface area contributed by atoms with E-state index in [1.165, 1.54) is 74.9 Å². The van der Waals surface area contributed by atoms with Crippen molar-refractivity contribution in [1.29, 1.82) is 0 Å². The molecule has 0 saturated carbocycles. The predicted octanol–water partition coefficient (Wildman–Crippen LogP) is 19.3. The number of aromatic nitrogens is 8. The molecule has 12 rings (SSSR count). The molecule has 30 nitrogen and oxygen atoms in total. The molecule has 8 aromatic carbocycles. The Morgan fingerprint density at radius 1 is 0.391 bits per heavy atom. The number of anilines is 18. The smallest absolute Gasteiger partial charge is 0.247 e. The van der Waals surface area contributed by atoms with Gasteiger partial charge >= 0.3 is 0 Å². The van der Waals surface area contributed by atoms with Crippen molar-refractivity contribution in [3.8, 4) is 23.0 Å². The minimum absolute atomic E-state index is 0.0112. The molecule has 12 N–H and O–H groups in total. The summed E-state index contributed by atoms with van der Waals surface area (Å²) in [5.41, 5.74) is 7.00. The maximum absolute atomic E-state index is 14.4. The van der Waals surface area contributed by atoms with Crippen molar-refractivity contribution in [3.05, 3.63) is 301 Å². The number of allylic oxidation sites excluding steroid dienone is 4. The number of ketones is 2. The molecular weight excluding hydrogens is 1740 g/mol. The number of hydrogen-bond acceptors (Lipinski definition) is 28. The number of aliphatic hydroxyl groups excluding tert-OH is 2. The van der Waals surface area contributed by atoms with E-state index in [2.05, 4.69) is 106 Å². The highest BCUT2D eigenvalue weighted by Gasteiger charge is 2.23. The zero-order chi connectivity index (χ0) is 96.1. The lowest BCUT2D eigenvalue weighted by molar-refractivity contribution is -0.114. The largest absolute Gasteiger partial charge is 0.488 e. The maximum Gasteiger partial charge on any atom is 0.247 e. The lowest BCUT2D eigenvalue weighted by atomic mass is 10.1. The number of methoxy groups -OCH3 is 2. The van der Waals surface area contributed by atoms with Gasteiger partial charge in [0.25, 0.3) is 0 Å². The van der Waals surface area contributed by atoms with Crippen molar-refractivity contribution in [2.24, 2.45) is 0 Å². The minimum atomic E-state index is -0.942. The number of hydrogen-bond donors (Lipinski definition) is 12. The van der Waals surface area contributed by atoms with Gasteiger partial charge in [-0.15, -0.1) is 0 Å². The van der Waals surface area contributed by atoms with Crippen LogP contribution < -0.4 is 72.1 Å². The molecule has 1 unspecified atom stereocenters. The first-order valence-corrected chi connectivity index (χ1v) is 40.6. The van der Waals surface area contributed by atoms with Crippen LogP contribution in [-0.4, -0.2) is 139 Å². The Balaban J connectivity index is 0.000000199. The summed E-state index contributed by atoms with van der Waals surface area (Å²) >= 11 is 0. The number of amides is 2. The number of ether oxygens (including phenoxy) is 6. The van der Waals surface area contributed by atoms with Crippen molar-refractivity contribution in [3.63, 3.8) is 0 Å². The summed E-state index contributed by atoms with van der Waals surface area (Å²) in [7, 11) is 3.06. The fourth-order valence-electron chi connectivity index (χ4n) is 11.3. The fraction of sp³-hybridized carbons (Fsp3) is 0.200. The van der Waals surface area contributed by atoms with Crippen molar-refractivity contribution < 1.29 is 92.9 Å². The van der Waals surface area contributed by atoms with E-state index in [1.54, 1.807) is 136 Å². The van der Waals surface area contributed by atoms with E-state index in [9.17, 15) is 59.4 Å². The van der Waals surface area contributed by atoms with Crippen molar-refractivity contribution >= 4 is 127 Å². The predicted molar refractivity (Wildman–Crippen MR) is 493 cm³/mol. The Labute approximate surface area is 760 Å². The number of rotatable bonds is 40. The Kier molecular flexibility index (Phi) is 38.1. The molecule has 12 aromatic rings. The molecule has 0 spiro atoms. The van der Waals surface area contributed by atoms with Gasteiger partial charge in [-0.3, -0.25) is 19.2 Å². The van der Waals surface area contributed by atoms with Crippen LogP contribution in [0.2, 0.25) is 0 Å². The zero-order valence-electron chi connectivity index (χ0n) is 73.5. The summed E-state index contributed by atoms with van der Waals surface area (Å²) < 4.78 is 145. The van der Waals surface area contributed by atoms with Crippen molar-refractivity contribution in [1.82, 2.24) is 39.9 Å². The van der Waals surface area contributed by atoms with Gasteiger partial charge in [-0.25, -0.2) is 55.1 Å². The average Bonchev–Trinajstić information content (AvgIpc) is 0.804. The Morgan fingerprint density at radius 3 is 1.06 bits per heavy atom. The van der Waals surface area contributed by atoms with Crippen LogP contribution in [0.3, 0.4) is 0 Å². The van der Waals surface area contributed by atoms with Crippen LogP contribution in [0.4, 0.5) is 139 Å². The molecule has 2 amide bonds. The highest BCUT2D eigenvalue weighted by atomic mass is 19.2. The number of benzene rings is 8. The van der Waals surface area contributed by atoms with Gasteiger partial charge < -0.3 is 91.8 Å². The highest BCUT2D eigenvalue weighted by Crippen LogP contribution is 2.33. The van der Waals surface area contributed by atoms with Crippen LogP contribution in [0.15, 0.2) is 243 Å². The summed E-state index contributed by atoms with van der Waals surface area (Å²) in [5.74, 6) is -5.90. The van der Waals surface area contributed by atoms with Gasteiger partial charge in [-0.05, 0) is 193 Å². The average molecular weight is 1830 g/mol. The SMILES string of the molecule is C=CC(=O)Nc1cccc(Nc2nc(Nc3ccc(OC(C)(C)CO)c(F)c3)ncc2F)c1.C=CC(=O)Nc1cccc(Nc2nc(Nc3ccc(OC(C)CO)c(F)c3)ncc2F)c1.COCCOc1ccc(Nc2ncc(F)c(Nc3ccc(CC(=O)C=C(C)C)cc3)n2)cc1F.COCCOc1ccc(Nc2ncc(F)c(Nc3cccc(CC(=O)C=C(C)C)c3)n2)cc1F. The summed E-state index contributed by atoms with van der Waals surface area (Å²) in [6.45, 7) is 19.7. The molecule has 4 heterocycles. The first-order chi connectivity index (χ1) is 63.7. The quantitative estimate of drug-likeness (QED) is 0.00964. The molecule has 0 aliphatic rings. The fourth-order valence-corrected chi connectivity index (χ4v) is 11.3. The molecule has 4 aromatic heterocycles. The Hall–Kier alpha value is -15.8. The monoisotopic (exact) mass is 1830 g/mol. The van der Waals surface area contributed by atoms with Gasteiger partial charge in [-0.2, -0.15) is 19.9 Å². The van der Waals surface area contributed by atoms with E-state index in [0.717, 1.165) is 59.2 Å². The number of halogens is 8. The second-order valence-corrected chi connectivity index (χ2v) is 29.6. The van der Waals surface area contributed by atoms with Gasteiger partial charge in [0.2, 0.25) is 35.6 Å². The standard InChI is InChI=1S/2C25H26F2N4O3.C23H23F2N5O3.C22H21F2N5O3/c1-16(2)12-20(32)13-17-4-6-18(7-5-17)29-24-22(27)15-28-25(31-24)30-19-8-9-23(21(26)14-19)34-11-10-33-3;1-16(2)11-20(32)13-17-5-4-6-18(12-17)29-24-22(27)15-28-25(31-24)30-19-7-8-23(21(26)14-19)34-10-9-33-3;1-4-20(32)27-14-6-5-7-15(10-14)28-21-18(25)12-26-22(30-21)29-16-8-9-19(17(24)11-16)33-23(2,3)13-31;1-3-20(31)26-14-5-4-6-15(9-14)27-21-18(24)11-25-22(29-21)28-16-7-8-19(17(23)10-16)32-13(2)12-30/h4-9,12,14-15H,10-11,13H2,1-3H3,(H2,28,29,30,31);4-8,11-12,14-15H,9-10,13H2,1-3H3,(H2,28,29,30,31);4-12,31H,1,13H2,2-3H3,(H,27,32)(H2,26,28,29,30);3-11,13,30H,1,12H2,2H3,(H,26,31)(H2,25,27,28,29). The third kappa shape index (κ3) is 33.7. The molecule has 0 aliphatic heterocycles. The topological polar surface area (TPSA) is 388 Å². The van der Waals surface area contributed by atoms with E-state index in [4.69, 9.17) is 33.5 Å². The normalized spacial score (nSPS) is 10.8. The molecule has 0 saturated heterocycles. The van der Waals surface area contributed by atoms with Crippen molar-refractivity contribution in [2.75, 3.05) is 107 Å². The van der Waals surface area contributed by atoms with Gasteiger partial charge in [0.15, 0.2) is 104 Å². The highest BCUT2D eigenvalue weighted by molar-refractivity contribution is 6.00. The van der Waals surface area contributed by atoms with Crippen LogP contribution in [0.25, 0.3) is 0 Å². The summed E-state index contributed by atoms with van der Waals surface area (Å²) in [6.07, 6.45) is 9.39. The molecule has 0 bridgehead atoms. The van der Waals surface area contributed by atoms with E-state index in [1.807, 2.05) is 33.8 Å². The molecule has 0 radical (unpaired) electrons. The van der Waals surface area contributed by atoms with Gasteiger partial charge in [-0.1, -0.05) is 60.7 Å². The van der Waals surface area contributed by atoms with E-state index < -0.39 is 58.2 Å². The van der Waals surface area contributed by atoms with Gasteiger partial charge in [0.1, 0.15) is 24.9 Å².